The van der Waals surface area contributed by atoms with Crippen molar-refractivity contribution in [1.82, 2.24) is 9.97 Å². The molecule has 0 aliphatic carbocycles. The van der Waals surface area contributed by atoms with Crippen LogP contribution in [0.4, 0.5) is 4.39 Å². The van der Waals surface area contributed by atoms with Crippen LogP contribution in [0.25, 0.3) is 0 Å². The summed E-state index contributed by atoms with van der Waals surface area (Å²) >= 11 is 3.22. The molecule has 0 fully saturated rings. The van der Waals surface area contributed by atoms with Gasteiger partial charge in [0.15, 0.2) is 0 Å². The molecule has 0 radical (unpaired) electrons. The highest BCUT2D eigenvalue weighted by Gasteiger charge is 2.06. The van der Waals surface area contributed by atoms with Crippen molar-refractivity contribution in [3.8, 4) is 11.6 Å². The van der Waals surface area contributed by atoms with Gasteiger partial charge in [0.05, 0.1) is 10.5 Å². The first-order valence-corrected chi connectivity index (χ1v) is 5.55. The lowest BCUT2D eigenvalue weighted by molar-refractivity contribution is 0.451. The maximum atomic E-state index is 13.0. The quantitative estimate of drug-likeness (QED) is 0.927. The molecular formula is C11H8BrFN2O2. The highest BCUT2D eigenvalue weighted by Crippen LogP contribution is 2.28. The van der Waals surface area contributed by atoms with Crippen molar-refractivity contribution in [2.24, 2.45) is 0 Å². The average molecular weight is 299 g/mol. The van der Waals surface area contributed by atoms with Crippen molar-refractivity contribution in [2.45, 2.75) is 6.92 Å². The Morgan fingerprint density at radius 2 is 2.18 bits per heavy atom. The number of benzene rings is 1. The second kappa shape index (κ2) is 4.67. The van der Waals surface area contributed by atoms with E-state index in [1.54, 1.807) is 6.92 Å². The Labute approximate surface area is 105 Å². The summed E-state index contributed by atoms with van der Waals surface area (Å²) in [4.78, 5) is 17.7. The molecule has 0 saturated heterocycles. The highest BCUT2D eigenvalue weighted by molar-refractivity contribution is 9.10. The summed E-state index contributed by atoms with van der Waals surface area (Å²) in [6.07, 6.45) is 0. The normalized spacial score (nSPS) is 10.3. The van der Waals surface area contributed by atoms with E-state index in [-0.39, 0.29) is 17.2 Å². The summed E-state index contributed by atoms with van der Waals surface area (Å²) in [6.45, 7) is 1.63. The summed E-state index contributed by atoms with van der Waals surface area (Å²) in [5.41, 5.74) is -0.319. The number of halogens is 2. The summed E-state index contributed by atoms with van der Waals surface area (Å²) < 4.78 is 18.9. The van der Waals surface area contributed by atoms with Crippen LogP contribution in [-0.2, 0) is 0 Å². The molecule has 0 saturated carbocycles. The lowest BCUT2D eigenvalue weighted by Gasteiger charge is -2.06. The molecule has 0 bridgehead atoms. The van der Waals surface area contributed by atoms with Crippen molar-refractivity contribution in [2.75, 3.05) is 0 Å². The van der Waals surface area contributed by atoms with Crippen LogP contribution in [0, 0.1) is 12.7 Å². The van der Waals surface area contributed by atoms with E-state index in [4.69, 9.17) is 4.74 Å². The van der Waals surface area contributed by atoms with Crippen LogP contribution in [0.1, 0.15) is 5.82 Å². The molecule has 6 heteroatoms. The van der Waals surface area contributed by atoms with Crippen molar-refractivity contribution < 1.29 is 9.13 Å². The third-order valence-corrected chi connectivity index (χ3v) is 2.60. The van der Waals surface area contributed by atoms with E-state index in [2.05, 4.69) is 25.9 Å². The van der Waals surface area contributed by atoms with Gasteiger partial charge in [-0.15, -0.1) is 0 Å². The number of nitrogens with one attached hydrogen (secondary N) is 1. The number of rotatable bonds is 2. The maximum absolute atomic E-state index is 13.0. The minimum Gasteiger partial charge on any atom is -0.437 e. The monoisotopic (exact) mass is 298 g/mol. The molecule has 0 aliphatic rings. The smallest absolute Gasteiger partial charge is 0.254 e. The molecule has 88 valence electrons. The van der Waals surface area contributed by atoms with E-state index < -0.39 is 5.82 Å². The van der Waals surface area contributed by atoms with Crippen LogP contribution in [0.2, 0.25) is 0 Å². The molecule has 17 heavy (non-hydrogen) atoms. The van der Waals surface area contributed by atoms with E-state index in [0.717, 1.165) is 0 Å². The second-order valence-electron chi connectivity index (χ2n) is 3.35. The molecule has 1 N–H and O–H groups in total. The molecular weight excluding hydrogens is 291 g/mol. The van der Waals surface area contributed by atoms with Crippen LogP contribution < -0.4 is 10.3 Å². The standard InChI is InChI=1S/C11H8BrFN2O2/c1-6-14-10(16)5-11(15-6)17-9-4-7(13)2-3-8(9)12/h2-5H,1H3,(H,14,15,16). The number of ether oxygens (including phenoxy) is 1. The van der Waals surface area contributed by atoms with Gasteiger partial charge in [0.25, 0.3) is 5.56 Å². The second-order valence-corrected chi connectivity index (χ2v) is 4.20. The van der Waals surface area contributed by atoms with Crippen molar-refractivity contribution in [3.63, 3.8) is 0 Å². The zero-order chi connectivity index (χ0) is 12.4. The van der Waals surface area contributed by atoms with E-state index in [0.29, 0.717) is 10.3 Å². The Morgan fingerprint density at radius 1 is 1.41 bits per heavy atom. The van der Waals surface area contributed by atoms with E-state index in [1.165, 1.54) is 24.3 Å². The van der Waals surface area contributed by atoms with Gasteiger partial charge < -0.3 is 9.72 Å². The Balaban J connectivity index is 2.37. The largest absolute Gasteiger partial charge is 0.437 e. The molecule has 0 unspecified atom stereocenters. The number of nitrogens with zero attached hydrogens (tertiary/aromatic N) is 1. The summed E-state index contributed by atoms with van der Waals surface area (Å²) in [7, 11) is 0. The number of aryl methyl sites for hydroxylation is 1. The van der Waals surface area contributed by atoms with Crippen LogP contribution in [0.5, 0.6) is 11.6 Å². The molecule has 2 rings (SSSR count). The first-order chi connectivity index (χ1) is 8.04. The van der Waals surface area contributed by atoms with E-state index >= 15 is 0 Å². The number of hydrogen-bond acceptors (Lipinski definition) is 3. The van der Waals surface area contributed by atoms with Crippen LogP contribution in [-0.4, -0.2) is 9.97 Å². The Bertz CT molecular complexity index is 613. The summed E-state index contributed by atoms with van der Waals surface area (Å²) in [5.74, 6) is 0.393. The fraction of sp³-hybridized carbons (Fsp3) is 0.0909. The van der Waals surface area contributed by atoms with Crippen molar-refractivity contribution in [1.29, 1.82) is 0 Å². The van der Waals surface area contributed by atoms with Crippen molar-refractivity contribution in [3.05, 3.63) is 50.7 Å². The Hall–Kier alpha value is -1.69. The molecule has 1 aromatic heterocycles. The van der Waals surface area contributed by atoms with Gasteiger partial charge >= 0.3 is 0 Å². The van der Waals surface area contributed by atoms with Gasteiger partial charge in [-0.2, -0.15) is 0 Å². The topological polar surface area (TPSA) is 55.0 Å². The molecule has 2 aromatic rings. The molecule has 0 spiro atoms. The molecule has 1 heterocycles. The molecule has 0 atom stereocenters. The number of aromatic nitrogens is 2. The van der Waals surface area contributed by atoms with Crippen molar-refractivity contribution >= 4 is 15.9 Å². The third-order valence-electron chi connectivity index (χ3n) is 1.94. The highest BCUT2D eigenvalue weighted by atomic mass is 79.9. The summed E-state index contributed by atoms with van der Waals surface area (Å²) in [6, 6.07) is 5.23. The van der Waals surface area contributed by atoms with Crippen LogP contribution >= 0.6 is 15.9 Å². The number of aromatic amines is 1. The Morgan fingerprint density at radius 3 is 2.88 bits per heavy atom. The lowest BCUT2D eigenvalue weighted by Crippen LogP contribution is -2.08. The van der Waals surface area contributed by atoms with Gasteiger partial charge in [0.1, 0.15) is 17.4 Å². The van der Waals surface area contributed by atoms with Crippen LogP contribution in [0.3, 0.4) is 0 Å². The van der Waals surface area contributed by atoms with Gasteiger partial charge in [-0.05, 0) is 35.0 Å². The van der Waals surface area contributed by atoms with Gasteiger partial charge in [0.2, 0.25) is 5.88 Å². The minimum atomic E-state index is -0.426. The predicted molar refractivity (Wildman–Crippen MR) is 63.8 cm³/mol. The molecule has 0 amide bonds. The van der Waals surface area contributed by atoms with Gasteiger partial charge in [-0.3, -0.25) is 4.79 Å². The number of hydrogen-bond donors (Lipinski definition) is 1. The maximum Gasteiger partial charge on any atom is 0.254 e. The molecule has 4 nitrogen and oxygen atoms in total. The zero-order valence-corrected chi connectivity index (χ0v) is 10.4. The summed E-state index contributed by atoms with van der Waals surface area (Å²) in [5, 5.41) is 0. The fourth-order valence-corrected chi connectivity index (χ4v) is 1.60. The third kappa shape index (κ3) is 2.91. The SMILES string of the molecule is Cc1nc(Oc2cc(F)ccc2Br)cc(=O)[nH]1. The van der Waals surface area contributed by atoms with E-state index in [1.807, 2.05) is 0 Å². The minimum absolute atomic E-state index is 0.123. The predicted octanol–water partition coefficient (Wildman–Crippen LogP) is 2.77. The fourth-order valence-electron chi connectivity index (χ4n) is 1.27. The zero-order valence-electron chi connectivity index (χ0n) is 8.83. The van der Waals surface area contributed by atoms with Gasteiger partial charge in [-0.1, -0.05) is 0 Å². The van der Waals surface area contributed by atoms with Gasteiger partial charge in [0, 0.05) is 6.07 Å². The molecule has 0 aliphatic heterocycles. The average Bonchev–Trinajstić information content (AvgIpc) is 2.22. The first-order valence-electron chi connectivity index (χ1n) is 4.75. The van der Waals surface area contributed by atoms with Gasteiger partial charge in [-0.25, -0.2) is 9.37 Å². The molecule has 1 aromatic carbocycles. The Kier molecular flexibility index (Phi) is 3.23. The van der Waals surface area contributed by atoms with E-state index in [9.17, 15) is 9.18 Å². The van der Waals surface area contributed by atoms with Crippen LogP contribution in [0.15, 0.2) is 33.5 Å². The number of H-pyrrole nitrogens is 1. The first kappa shape index (κ1) is 11.8. The lowest BCUT2D eigenvalue weighted by atomic mass is 10.3.